The van der Waals surface area contributed by atoms with E-state index in [1.54, 1.807) is 7.05 Å². The lowest BCUT2D eigenvalue weighted by Crippen LogP contribution is -2.40. The van der Waals surface area contributed by atoms with Crippen molar-refractivity contribution < 1.29 is 5.11 Å². The number of fused-ring (bicyclic) bond motifs is 1. The van der Waals surface area contributed by atoms with Crippen LogP contribution in [0.25, 0.3) is 0 Å². The molecule has 0 aliphatic heterocycles. The van der Waals surface area contributed by atoms with E-state index in [9.17, 15) is 5.11 Å². The first-order valence-corrected chi connectivity index (χ1v) is 10.0. The number of hydrogen-bond donors (Lipinski definition) is 2. The van der Waals surface area contributed by atoms with Crippen LogP contribution < -0.4 is 5.32 Å². The van der Waals surface area contributed by atoms with E-state index in [0.29, 0.717) is 6.54 Å². The fraction of sp³-hybridized carbons (Fsp3) is 0.500. The Morgan fingerprint density at radius 2 is 2.00 bits per heavy atom. The van der Waals surface area contributed by atoms with Gasteiger partial charge >= 0.3 is 0 Å². The van der Waals surface area contributed by atoms with E-state index < -0.39 is 6.10 Å². The lowest BCUT2D eigenvalue weighted by atomic mass is 10.0. The SMILES string of the molecule is CN=C(NCC(O)c1ccc(C)cc1)N(C)Cc1nc2c(s1)CCCC2.I. The Morgan fingerprint density at radius 1 is 1.30 bits per heavy atom. The molecule has 2 N–H and O–H groups in total. The molecule has 3 rings (SSSR count). The standard InChI is InChI=1S/C20H28N4OS.HI/c1-14-8-10-15(11-9-14)17(25)12-22-20(21-2)24(3)13-19-23-16-6-4-5-7-18(16)26-19;/h8-11,17,25H,4-7,12-13H2,1-3H3,(H,21,22);1H. The van der Waals surface area contributed by atoms with Gasteiger partial charge in [0.1, 0.15) is 5.01 Å². The summed E-state index contributed by atoms with van der Waals surface area (Å²) in [6, 6.07) is 7.97. The predicted molar refractivity (Wildman–Crippen MR) is 123 cm³/mol. The van der Waals surface area contributed by atoms with Gasteiger partial charge in [0, 0.05) is 25.5 Å². The first-order valence-electron chi connectivity index (χ1n) is 9.20. The molecule has 27 heavy (non-hydrogen) atoms. The molecule has 1 aliphatic rings. The molecule has 1 aromatic heterocycles. The van der Waals surface area contributed by atoms with E-state index >= 15 is 0 Å². The molecular formula is C20H29IN4OS. The van der Waals surface area contributed by atoms with Crippen LogP contribution in [-0.4, -0.2) is 41.6 Å². The normalized spacial score (nSPS) is 14.9. The quantitative estimate of drug-likeness (QED) is 0.374. The number of aromatic nitrogens is 1. The zero-order chi connectivity index (χ0) is 18.5. The number of aliphatic hydroxyl groups excluding tert-OH is 1. The molecule has 0 saturated carbocycles. The van der Waals surface area contributed by atoms with Crippen LogP contribution in [0, 0.1) is 6.92 Å². The van der Waals surface area contributed by atoms with Gasteiger partial charge in [-0.05, 0) is 38.2 Å². The fourth-order valence-electron chi connectivity index (χ4n) is 3.23. The molecule has 1 aliphatic carbocycles. The molecule has 0 fully saturated rings. The minimum Gasteiger partial charge on any atom is -0.387 e. The summed E-state index contributed by atoms with van der Waals surface area (Å²) in [7, 11) is 3.78. The Bertz CT molecular complexity index is 736. The number of halogens is 1. The van der Waals surface area contributed by atoms with Crippen molar-refractivity contribution >= 4 is 41.3 Å². The third-order valence-corrected chi connectivity index (χ3v) is 5.89. The Hall–Kier alpha value is -1.19. The molecule has 1 aromatic carbocycles. The summed E-state index contributed by atoms with van der Waals surface area (Å²) in [6.45, 7) is 3.20. The molecule has 0 amide bonds. The van der Waals surface area contributed by atoms with Gasteiger partial charge in [0.2, 0.25) is 0 Å². The summed E-state index contributed by atoms with van der Waals surface area (Å²) in [5.41, 5.74) is 3.40. The van der Waals surface area contributed by atoms with Crippen molar-refractivity contribution in [1.29, 1.82) is 0 Å². The lowest BCUT2D eigenvalue weighted by Gasteiger charge is -2.22. The maximum Gasteiger partial charge on any atom is 0.193 e. The molecule has 1 atom stereocenters. The zero-order valence-corrected chi connectivity index (χ0v) is 19.4. The second kappa shape index (κ2) is 10.4. The maximum atomic E-state index is 10.4. The van der Waals surface area contributed by atoms with Gasteiger partial charge < -0.3 is 15.3 Å². The van der Waals surface area contributed by atoms with Gasteiger partial charge in [0.05, 0.1) is 18.3 Å². The number of thiazole rings is 1. The smallest absolute Gasteiger partial charge is 0.193 e. The summed E-state index contributed by atoms with van der Waals surface area (Å²) in [5.74, 6) is 0.768. The molecule has 148 valence electrons. The molecular weight excluding hydrogens is 471 g/mol. The van der Waals surface area contributed by atoms with E-state index in [0.717, 1.165) is 29.5 Å². The molecule has 0 bridgehead atoms. The molecule has 0 radical (unpaired) electrons. The number of guanidine groups is 1. The Labute approximate surface area is 183 Å². The Kier molecular flexibility index (Phi) is 8.50. The highest BCUT2D eigenvalue weighted by atomic mass is 127. The predicted octanol–water partition coefficient (Wildman–Crippen LogP) is 3.69. The van der Waals surface area contributed by atoms with Crippen LogP contribution in [-0.2, 0) is 19.4 Å². The number of benzene rings is 1. The topological polar surface area (TPSA) is 60.8 Å². The molecule has 7 heteroatoms. The van der Waals surface area contributed by atoms with Gasteiger partial charge in [0.25, 0.3) is 0 Å². The molecule has 2 aromatic rings. The number of nitrogens with one attached hydrogen (secondary N) is 1. The average molecular weight is 500 g/mol. The summed E-state index contributed by atoms with van der Waals surface area (Å²) in [6.07, 6.45) is 4.27. The van der Waals surface area contributed by atoms with Crippen molar-refractivity contribution in [2.75, 3.05) is 20.6 Å². The van der Waals surface area contributed by atoms with E-state index in [1.165, 1.54) is 35.4 Å². The molecule has 1 unspecified atom stereocenters. The van der Waals surface area contributed by atoms with E-state index in [4.69, 9.17) is 4.98 Å². The summed E-state index contributed by atoms with van der Waals surface area (Å²) in [4.78, 5) is 12.7. The van der Waals surface area contributed by atoms with Crippen molar-refractivity contribution in [2.24, 2.45) is 4.99 Å². The Morgan fingerprint density at radius 3 is 2.67 bits per heavy atom. The van der Waals surface area contributed by atoms with Crippen LogP contribution in [0.1, 0.15) is 45.7 Å². The summed E-state index contributed by atoms with van der Waals surface area (Å²) in [5, 5.41) is 14.8. The van der Waals surface area contributed by atoms with Crippen LogP contribution in [0.4, 0.5) is 0 Å². The van der Waals surface area contributed by atoms with Crippen molar-refractivity contribution in [3.8, 4) is 0 Å². The molecule has 1 heterocycles. The second-order valence-corrected chi connectivity index (χ2v) is 8.06. The summed E-state index contributed by atoms with van der Waals surface area (Å²) < 4.78 is 0. The highest BCUT2D eigenvalue weighted by molar-refractivity contribution is 14.0. The number of nitrogens with zero attached hydrogens (tertiary/aromatic N) is 3. The minimum atomic E-state index is -0.562. The zero-order valence-electron chi connectivity index (χ0n) is 16.2. The van der Waals surface area contributed by atoms with E-state index in [1.807, 2.05) is 49.6 Å². The van der Waals surface area contributed by atoms with Crippen molar-refractivity contribution in [3.05, 3.63) is 51.0 Å². The lowest BCUT2D eigenvalue weighted by molar-refractivity contribution is 0.179. The average Bonchev–Trinajstić information content (AvgIpc) is 3.04. The van der Waals surface area contributed by atoms with Crippen LogP contribution in [0.2, 0.25) is 0 Å². The number of rotatable bonds is 5. The van der Waals surface area contributed by atoms with Gasteiger partial charge in [0.15, 0.2) is 5.96 Å². The van der Waals surface area contributed by atoms with Crippen LogP contribution in [0.5, 0.6) is 0 Å². The number of aliphatic imine (C=N–C) groups is 1. The van der Waals surface area contributed by atoms with Gasteiger partial charge in [-0.2, -0.15) is 0 Å². The number of aliphatic hydroxyl groups is 1. The van der Waals surface area contributed by atoms with Crippen LogP contribution >= 0.6 is 35.3 Å². The van der Waals surface area contributed by atoms with E-state index in [-0.39, 0.29) is 24.0 Å². The largest absolute Gasteiger partial charge is 0.387 e. The fourth-order valence-corrected chi connectivity index (χ4v) is 4.44. The molecule has 5 nitrogen and oxygen atoms in total. The van der Waals surface area contributed by atoms with Crippen molar-refractivity contribution in [2.45, 2.75) is 45.3 Å². The maximum absolute atomic E-state index is 10.4. The van der Waals surface area contributed by atoms with Gasteiger partial charge in [-0.15, -0.1) is 35.3 Å². The first-order chi connectivity index (χ1) is 12.6. The monoisotopic (exact) mass is 500 g/mol. The first kappa shape index (κ1) is 22.1. The highest BCUT2D eigenvalue weighted by Gasteiger charge is 2.17. The van der Waals surface area contributed by atoms with Gasteiger partial charge in [-0.3, -0.25) is 4.99 Å². The Balaban J connectivity index is 0.00000261. The minimum absolute atomic E-state index is 0. The molecule has 0 saturated heterocycles. The van der Waals surface area contributed by atoms with Crippen molar-refractivity contribution in [1.82, 2.24) is 15.2 Å². The van der Waals surface area contributed by atoms with Crippen LogP contribution in [0.3, 0.4) is 0 Å². The summed E-state index contributed by atoms with van der Waals surface area (Å²) >= 11 is 1.83. The van der Waals surface area contributed by atoms with E-state index in [2.05, 4.69) is 15.2 Å². The third-order valence-electron chi connectivity index (χ3n) is 4.75. The highest BCUT2D eigenvalue weighted by Crippen LogP contribution is 2.27. The van der Waals surface area contributed by atoms with Crippen LogP contribution in [0.15, 0.2) is 29.3 Å². The number of aryl methyl sites for hydroxylation is 3. The third kappa shape index (κ3) is 5.89. The molecule has 0 spiro atoms. The van der Waals surface area contributed by atoms with Gasteiger partial charge in [-0.25, -0.2) is 4.98 Å². The second-order valence-electron chi connectivity index (χ2n) is 6.90. The van der Waals surface area contributed by atoms with Gasteiger partial charge in [-0.1, -0.05) is 29.8 Å². The van der Waals surface area contributed by atoms with Crippen molar-refractivity contribution in [3.63, 3.8) is 0 Å². The number of hydrogen-bond acceptors (Lipinski definition) is 4.